The van der Waals surface area contributed by atoms with E-state index in [-0.39, 0.29) is 5.82 Å². The molecule has 1 amide bonds. The number of pyridine rings is 1. The average molecular weight is 317 g/mol. The number of hydrogen-bond acceptors (Lipinski definition) is 3. The van der Waals surface area contributed by atoms with Crippen molar-refractivity contribution in [2.24, 2.45) is 5.92 Å². The van der Waals surface area contributed by atoms with Gasteiger partial charge in [0.05, 0.1) is 5.52 Å². The van der Waals surface area contributed by atoms with Crippen LogP contribution in [0.5, 0.6) is 0 Å². The number of carbonyl (C=O) groups is 1. The molecule has 1 aliphatic heterocycles. The largest absolute Gasteiger partial charge is 0.465 e. The molecule has 2 aromatic rings. The molecule has 5 nitrogen and oxygen atoms in total. The third-order valence-electron chi connectivity index (χ3n) is 4.43. The first-order valence-corrected chi connectivity index (χ1v) is 7.90. The Kier molecular flexibility index (Phi) is 4.60. The van der Waals surface area contributed by atoms with Gasteiger partial charge in [0, 0.05) is 25.0 Å². The number of anilines is 1. The van der Waals surface area contributed by atoms with Gasteiger partial charge in [-0.2, -0.15) is 0 Å². The van der Waals surface area contributed by atoms with Crippen LogP contribution >= 0.6 is 0 Å². The van der Waals surface area contributed by atoms with Crippen LogP contribution in [0.1, 0.15) is 19.3 Å². The molecule has 3 rings (SSSR count). The Bertz CT molecular complexity index is 699. The molecule has 0 radical (unpaired) electrons. The van der Waals surface area contributed by atoms with Gasteiger partial charge in [-0.3, -0.25) is 0 Å². The number of piperidine rings is 1. The van der Waals surface area contributed by atoms with E-state index in [2.05, 4.69) is 15.2 Å². The number of hydrogen-bond donors (Lipinski definition) is 2. The molecule has 1 saturated heterocycles. The summed E-state index contributed by atoms with van der Waals surface area (Å²) < 4.78 is 13.7. The molecule has 23 heavy (non-hydrogen) atoms. The lowest BCUT2D eigenvalue weighted by molar-refractivity contribution is 0.193. The quantitative estimate of drug-likeness (QED) is 0.908. The van der Waals surface area contributed by atoms with Crippen molar-refractivity contribution in [3.63, 3.8) is 0 Å². The van der Waals surface area contributed by atoms with Crippen molar-refractivity contribution in [1.29, 1.82) is 0 Å². The Morgan fingerprint density at radius 3 is 2.83 bits per heavy atom. The summed E-state index contributed by atoms with van der Waals surface area (Å²) in [7, 11) is 0. The molecular weight excluding hydrogens is 297 g/mol. The van der Waals surface area contributed by atoms with Crippen LogP contribution < -0.4 is 10.2 Å². The van der Waals surface area contributed by atoms with Crippen molar-refractivity contribution in [3.8, 4) is 0 Å². The van der Waals surface area contributed by atoms with Gasteiger partial charge in [0.1, 0.15) is 11.6 Å². The van der Waals surface area contributed by atoms with Gasteiger partial charge in [0.25, 0.3) is 0 Å². The number of rotatable bonds is 4. The van der Waals surface area contributed by atoms with E-state index in [4.69, 9.17) is 5.11 Å². The summed E-state index contributed by atoms with van der Waals surface area (Å²) in [5.74, 6) is 1.17. The van der Waals surface area contributed by atoms with Crippen molar-refractivity contribution in [2.45, 2.75) is 19.3 Å². The summed E-state index contributed by atoms with van der Waals surface area (Å²) >= 11 is 0. The predicted molar refractivity (Wildman–Crippen MR) is 87.3 cm³/mol. The first kappa shape index (κ1) is 15.5. The molecule has 0 aliphatic carbocycles. The van der Waals surface area contributed by atoms with Gasteiger partial charge < -0.3 is 15.3 Å². The molecule has 0 unspecified atom stereocenters. The second-order valence-electron chi connectivity index (χ2n) is 5.93. The molecule has 1 aliphatic rings. The van der Waals surface area contributed by atoms with Crippen LogP contribution in [0.3, 0.4) is 0 Å². The summed E-state index contributed by atoms with van der Waals surface area (Å²) in [4.78, 5) is 17.2. The molecule has 122 valence electrons. The summed E-state index contributed by atoms with van der Waals surface area (Å²) in [5.41, 5.74) is 0.676. The standard InChI is InChI=1S/C17H20FN3O2/c18-14-2-1-3-15-13(14)4-5-16(20-15)21-10-7-12(8-11-21)6-9-19-17(22)23/h1-5,12,19H,6-11H2,(H,22,23). The Balaban J connectivity index is 1.60. The lowest BCUT2D eigenvalue weighted by Crippen LogP contribution is -2.35. The van der Waals surface area contributed by atoms with Crippen LogP contribution in [-0.4, -0.2) is 35.8 Å². The Hall–Kier alpha value is -2.37. The molecule has 0 spiro atoms. The lowest BCUT2D eigenvalue weighted by atomic mass is 9.93. The van der Waals surface area contributed by atoms with Crippen molar-refractivity contribution < 1.29 is 14.3 Å². The van der Waals surface area contributed by atoms with E-state index >= 15 is 0 Å². The zero-order valence-electron chi connectivity index (χ0n) is 12.8. The second kappa shape index (κ2) is 6.81. The highest BCUT2D eigenvalue weighted by Gasteiger charge is 2.20. The smallest absolute Gasteiger partial charge is 0.404 e. The molecule has 1 aromatic carbocycles. The summed E-state index contributed by atoms with van der Waals surface area (Å²) in [6.07, 6.45) is 1.94. The normalized spacial score (nSPS) is 15.8. The first-order chi connectivity index (χ1) is 11.1. The fourth-order valence-electron chi connectivity index (χ4n) is 3.12. The average Bonchev–Trinajstić information content (AvgIpc) is 2.55. The molecule has 2 N–H and O–H groups in total. The second-order valence-corrected chi connectivity index (χ2v) is 5.93. The van der Waals surface area contributed by atoms with Crippen LogP contribution in [0, 0.1) is 11.7 Å². The summed E-state index contributed by atoms with van der Waals surface area (Å²) in [6, 6.07) is 8.61. The zero-order chi connectivity index (χ0) is 16.2. The first-order valence-electron chi connectivity index (χ1n) is 7.90. The number of aromatic nitrogens is 1. The molecule has 2 heterocycles. The van der Waals surface area contributed by atoms with E-state index < -0.39 is 6.09 Å². The third kappa shape index (κ3) is 3.70. The van der Waals surface area contributed by atoms with Crippen LogP contribution in [0.4, 0.5) is 15.0 Å². The van der Waals surface area contributed by atoms with Crippen molar-refractivity contribution in [2.75, 3.05) is 24.5 Å². The van der Waals surface area contributed by atoms with Gasteiger partial charge in [0.15, 0.2) is 0 Å². The van der Waals surface area contributed by atoms with Crippen LogP contribution in [-0.2, 0) is 0 Å². The number of halogens is 1. The summed E-state index contributed by atoms with van der Waals surface area (Å²) in [5, 5.41) is 11.5. The Morgan fingerprint density at radius 2 is 2.09 bits per heavy atom. The number of amides is 1. The topological polar surface area (TPSA) is 65.5 Å². The monoisotopic (exact) mass is 317 g/mol. The van der Waals surface area contributed by atoms with Gasteiger partial charge in [-0.05, 0) is 49.4 Å². The highest BCUT2D eigenvalue weighted by atomic mass is 19.1. The van der Waals surface area contributed by atoms with Gasteiger partial charge >= 0.3 is 6.09 Å². The predicted octanol–water partition coefficient (Wildman–Crippen LogP) is 3.25. The van der Waals surface area contributed by atoms with Gasteiger partial charge in [-0.25, -0.2) is 14.2 Å². The van der Waals surface area contributed by atoms with Crippen molar-refractivity contribution in [3.05, 3.63) is 36.1 Å². The Labute approximate surface area is 134 Å². The maximum Gasteiger partial charge on any atom is 0.404 e. The number of carboxylic acid groups (broad SMARTS) is 1. The maximum atomic E-state index is 13.7. The highest BCUT2D eigenvalue weighted by Crippen LogP contribution is 2.26. The molecule has 0 bridgehead atoms. The number of nitrogens with zero attached hydrogens (tertiary/aromatic N) is 2. The third-order valence-corrected chi connectivity index (χ3v) is 4.43. The summed E-state index contributed by atoms with van der Waals surface area (Å²) in [6.45, 7) is 2.30. The zero-order valence-corrected chi connectivity index (χ0v) is 12.8. The van der Waals surface area contributed by atoms with E-state index in [0.29, 0.717) is 23.4 Å². The van der Waals surface area contributed by atoms with E-state index in [1.54, 1.807) is 12.1 Å². The van der Waals surface area contributed by atoms with Crippen molar-refractivity contribution in [1.82, 2.24) is 10.3 Å². The highest BCUT2D eigenvalue weighted by molar-refractivity contribution is 5.80. The van der Waals surface area contributed by atoms with Gasteiger partial charge in [-0.1, -0.05) is 6.07 Å². The minimum absolute atomic E-state index is 0.244. The van der Waals surface area contributed by atoms with Gasteiger partial charge in [0.2, 0.25) is 0 Å². The number of nitrogens with one attached hydrogen (secondary N) is 1. The van der Waals surface area contributed by atoms with Crippen molar-refractivity contribution >= 4 is 22.8 Å². The minimum atomic E-state index is -0.963. The molecule has 1 aromatic heterocycles. The van der Waals surface area contributed by atoms with Gasteiger partial charge in [-0.15, -0.1) is 0 Å². The molecule has 0 saturated carbocycles. The lowest BCUT2D eigenvalue weighted by Gasteiger charge is -2.33. The van der Waals surface area contributed by atoms with E-state index in [1.807, 2.05) is 12.1 Å². The molecule has 6 heteroatoms. The number of benzene rings is 1. The van der Waals surface area contributed by atoms with E-state index in [0.717, 1.165) is 38.2 Å². The van der Waals surface area contributed by atoms with E-state index in [1.165, 1.54) is 6.07 Å². The van der Waals surface area contributed by atoms with Crippen LogP contribution in [0.2, 0.25) is 0 Å². The SMILES string of the molecule is O=C(O)NCCC1CCN(c2ccc3c(F)cccc3n2)CC1. The minimum Gasteiger partial charge on any atom is -0.465 e. The fraction of sp³-hybridized carbons (Fsp3) is 0.412. The van der Waals surface area contributed by atoms with Crippen LogP contribution in [0.25, 0.3) is 10.9 Å². The fourth-order valence-corrected chi connectivity index (χ4v) is 3.12. The molecule has 0 atom stereocenters. The Morgan fingerprint density at radius 1 is 1.30 bits per heavy atom. The molecule has 1 fully saturated rings. The maximum absolute atomic E-state index is 13.7. The van der Waals surface area contributed by atoms with E-state index in [9.17, 15) is 9.18 Å². The molecular formula is C17H20FN3O2. The number of fused-ring (bicyclic) bond motifs is 1. The van der Waals surface area contributed by atoms with Crippen LogP contribution in [0.15, 0.2) is 30.3 Å².